The van der Waals surface area contributed by atoms with Gasteiger partial charge in [0.2, 0.25) is 0 Å². The number of anilines is 1. The molecule has 0 radical (unpaired) electrons. The summed E-state index contributed by atoms with van der Waals surface area (Å²) in [5.74, 6) is -1.30. The van der Waals surface area contributed by atoms with Crippen molar-refractivity contribution in [3.05, 3.63) is 84.4 Å². The first-order valence-electron chi connectivity index (χ1n) is 10.1. The smallest absolute Gasteiger partial charge is 0.344 e. The highest BCUT2D eigenvalue weighted by Gasteiger charge is 2.15. The third-order valence-electron chi connectivity index (χ3n) is 4.38. The number of hydrogen-bond acceptors (Lipinski definition) is 6. The molecule has 7 heteroatoms. The van der Waals surface area contributed by atoms with E-state index in [2.05, 4.69) is 5.32 Å². The summed E-state index contributed by atoms with van der Waals surface area (Å²) in [5, 5.41) is 2.55. The van der Waals surface area contributed by atoms with Crippen LogP contribution in [0.2, 0.25) is 0 Å². The van der Waals surface area contributed by atoms with E-state index in [1.165, 1.54) is 6.07 Å². The van der Waals surface area contributed by atoms with Crippen LogP contribution in [0, 0.1) is 0 Å². The van der Waals surface area contributed by atoms with Crippen molar-refractivity contribution in [3.8, 4) is 16.9 Å². The number of carbonyl (C=O) groups excluding carboxylic acids is 3. The minimum Gasteiger partial charge on any atom is -0.481 e. The molecule has 0 atom stereocenters. The Morgan fingerprint density at radius 2 is 1.47 bits per heavy atom. The molecule has 32 heavy (non-hydrogen) atoms. The van der Waals surface area contributed by atoms with Crippen LogP contribution >= 0.6 is 0 Å². The molecule has 0 aliphatic rings. The number of nitrogens with one attached hydrogen (secondary N) is 1. The van der Waals surface area contributed by atoms with Gasteiger partial charge in [0, 0.05) is 5.56 Å². The van der Waals surface area contributed by atoms with Gasteiger partial charge in [0.25, 0.3) is 5.91 Å². The molecule has 0 aromatic heterocycles. The summed E-state index contributed by atoms with van der Waals surface area (Å²) in [6.45, 7) is 1.04. The molecule has 0 aliphatic carbocycles. The molecule has 0 spiro atoms. The number of para-hydroxylation sites is 2. The van der Waals surface area contributed by atoms with Gasteiger partial charge in [-0.25, -0.2) is 9.59 Å². The molecule has 0 heterocycles. The molecule has 164 valence electrons. The monoisotopic (exact) mass is 433 g/mol. The van der Waals surface area contributed by atoms with E-state index in [0.29, 0.717) is 5.75 Å². The fourth-order valence-electron chi connectivity index (χ4n) is 2.94. The zero-order valence-electron chi connectivity index (χ0n) is 17.6. The van der Waals surface area contributed by atoms with Crippen LogP contribution in [0.25, 0.3) is 11.1 Å². The molecule has 1 N–H and O–H groups in total. The third kappa shape index (κ3) is 6.18. The van der Waals surface area contributed by atoms with Crippen molar-refractivity contribution in [2.75, 3.05) is 25.1 Å². The Balaban J connectivity index is 1.53. The first kappa shape index (κ1) is 22.6. The molecular formula is C25H23NO6. The van der Waals surface area contributed by atoms with E-state index < -0.39 is 24.5 Å². The Morgan fingerprint density at radius 3 is 2.25 bits per heavy atom. The van der Waals surface area contributed by atoms with Gasteiger partial charge in [-0.15, -0.1) is 0 Å². The third-order valence-corrected chi connectivity index (χ3v) is 4.38. The molecular weight excluding hydrogens is 410 g/mol. The van der Waals surface area contributed by atoms with E-state index in [9.17, 15) is 14.4 Å². The molecule has 0 bridgehead atoms. The zero-order chi connectivity index (χ0) is 22.8. The topological polar surface area (TPSA) is 90.9 Å². The van der Waals surface area contributed by atoms with Crippen LogP contribution in [0.1, 0.15) is 17.3 Å². The van der Waals surface area contributed by atoms with Gasteiger partial charge in [0.1, 0.15) is 5.75 Å². The molecule has 0 unspecified atom stereocenters. The minimum atomic E-state index is -0.693. The van der Waals surface area contributed by atoms with Crippen molar-refractivity contribution >= 4 is 23.5 Å². The molecule has 3 aromatic carbocycles. The average Bonchev–Trinajstić information content (AvgIpc) is 2.82. The maximum atomic E-state index is 12.2. The summed E-state index contributed by atoms with van der Waals surface area (Å²) in [4.78, 5) is 36.2. The maximum absolute atomic E-state index is 12.2. The zero-order valence-corrected chi connectivity index (χ0v) is 17.6. The molecule has 3 aromatic rings. The van der Waals surface area contributed by atoms with Gasteiger partial charge in [-0.1, -0.05) is 60.7 Å². The van der Waals surface area contributed by atoms with E-state index in [-0.39, 0.29) is 24.5 Å². The molecule has 1 amide bonds. The summed E-state index contributed by atoms with van der Waals surface area (Å²) in [6.07, 6.45) is 0. The molecule has 0 aliphatic heterocycles. The number of hydrogen-bond donors (Lipinski definition) is 1. The first-order chi connectivity index (χ1) is 15.6. The number of esters is 2. The first-order valence-corrected chi connectivity index (χ1v) is 10.1. The van der Waals surface area contributed by atoms with Gasteiger partial charge < -0.3 is 19.5 Å². The summed E-state index contributed by atoms with van der Waals surface area (Å²) in [5.41, 5.74) is 2.29. The Bertz CT molecular complexity index is 1080. The minimum absolute atomic E-state index is 0.214. The lowest BCUT2D eigenvalue weighted by atomic mass is 10.1. The van der Waals surface area contributed by atoms with Gasteiger partial charge in [0.15, 0.2) is 13.2 Å². The number of benzene rings is 3. The predicted octanol–water partition coefficient (Wildman–Crippen LogP) is 4.09. The van der Waals surface area contributed by atoms with E-state index in [1.54, 1.807) is 31.2 Å². The quantitative estimate of drug-likeness (QED) is 0.511. The Morgan fingerprint density at radius 1 is 0.781 bits per heavy atom. The lowest BCUT2D eigenvalue weighted by molar-refractivity contribution is -0.149. The van der Waals surface area contributed by atoms with Crippen LogP contribution in [0.5, 0.6) is 5.75 Å². The Kier molecular flexibility index (Phi) is 7.97. The van der Waals surface area contributed by atoms with Crippen molar-refractivity contribution in [1.29, 1.82) is 0 Å². The Hall–Kier alpha value is -4.13. The number of carbonyl (C=O) groups is 3. The SMILES string of the molecule is CCOC(=O)c1ccccc1NC(=O)COC(=O)COc1ccccc1-c1ccccc1. The van der Waals surface area contributed by atoms with E-state index in [0.717, 1.165) is 11.1 Å². The highest BCUT2D eigenvalue weighted by atomic mass is 16.6. The Labute approximate surface area is 185 Å². The van der Waals surface area contributed by atoms with Crippen molar-refractivity contribution in [3.63, 3.8) is 0 Å². The van der Waals surface area contributed by atoms with Crippen LogP contribution in [-0.4, -0.2) is 37.7 Å². The van der Waals surface area contributed by atoms with Crippen LogP contribution in [0.15, 0.2) is 78.9 Å². The van der Waals surface area contributed by atoms with E-state index in [4.69, 9.17) is 14.2 Å². The molecule has 0 saturated carbocycles. The second kappa shape index (κ2) is 11.3. The van der Waals surface area contributed by atoms with Gasteiger partial charge in [0.05, 0.1) is 17.9 Å². The molecule has 3 rings (SSSR count). The van der Waals surface area contributed by atoms with E-state index in [1.807, 2.05) is 48.5 Å². The van der Waals surface area contributed by atoms with Crippen molar-refractivity contribution < 1.29 is 28.6 Å². The number of rotatable bonds is 9. The van der Waals surface area contributed by atoms with Gasteiger partial charge >= 0.3 is 11.9 Å². The second-order valence-corrected chi connectivity index (χ2v) is 6.63. The lowest BCUT2D eigenvalue weighted by Gasteiger charge is -2.12. The van der Waals surface area contributed by atoms with Crippen LogP contribution in [0.4, 0.5) is 5.69 Å². The molecule has 0 saturated heterocycles. The summed E-state index contributed by atoms with van der Waals surface area (Å²) >= 11 is 0. The highest BCUT2D eigenvalue weighted by molar-refractivity contribution is 6.01. The standard InChI is InChI=1S/C25H23NO6/c1-2-30-25(29)20-13-6-8-14-21(20)26-23(27)16-32-24(28)17-31-22-15-9-7-12-19(22)18-10-4-3-5-11-18/h3-15H,2,16-17H2,1H3,(H,26,27). The number of ether oxygens (including phenoxy) is 3. The lowest BCUT2D eigenvalue weighted by Crippen LogP contribution is -2.24. The van der Waals surface area contributed by atoms with Crippen LogP contribution in [-0.2, 0) is 19.1 Å². The van der Waals surface area contributed by atoms with Crippen molar-refractivity contribution in [2.24, 2.45) is 0 Å². The van der Waals surface area contributed by atoms with E-state index >= 15 is 0 Å². The van der Waals surface area contributed by atoms with Crippen molar-refractivity contribution in [2.45, 2.75) is 6.92 Å². The number of amides is 1. The summed E-state index contributed by atoms with van der Waals surface area (Å²) in [6, 6.07) is 23.4. The fraction of sp³-hybridized carbons (Fsp3) is 0.160. The predicted molar refractivity (Wildman–Crippen MR) is 119 cm³/mol. The normalized spacial score (nSPS) is 10.2. The molecule has 0 fully saturated rings. The largest absolute Gasteiger partial charge is 0.481 e. The maximum Gasteiger partial charge on any atom is 0.344 e. The van der Waals surface area contributed by atoms with Gasteiger partial charge in [-0.2, -0.15) is 0 Å². The average molecular weight is 433 g/mol. The van der Waals surface area contributed by atoms with Gasteiger partial charge in [-0.05, 0) is 30.7 Å². The summed E-state index contributed by atoms with van der Waals surface area (Å²) < 4.78 is 15.6. The summed E-state index contributed by atoms with van der Waals surface area (Å²) in [7, 11) is 0. The molecule has 7 nitrogen and oxygen atoms in total. The van der Waals surface area contributed by atoms with Gasteiger partial charge in [-0.3, -0.25) is 4.79 Å². The fourth-order valence-corrected chi connectivity index (χ4v) is 2.94. The van der Waals surface area contributed by atoms with Crippen LogP contribution in [0.3, 0.4) is 0 Å². The second-order valence-electron chi connectivity index (χ2n) is 6.63. The van der Waals surface area contributed by atoms with Crippen molar-refractivity contribution in [1.82, 2.24) is 0 Å². The van der Waals surface area contributed by atoms with Crippen LogP contribution < -0.4 is 10.1 Å². The highest BCUT2D eigenvalue weighted by Crippen LogP contribution is 2.29.